The summed E-state index contributed by atoms with van der Waals surface area (Å²) < 4.78 is 0. The van der Waals surface area contributed by atoms with Crippen LogP contribution in [0.2, 0.25) is 0 Å². The summed E-state index contributed by atoms with van der Waals surface area (Å²) in [6.07, 6.45) is 10.6. The van der Waals surface area contributed by atoms with Gasteiger partial charge in [0.2, 0.25) is 11.8 Å². The number of hydrogen-bond donors (Lipinski definition) is 2. The molecule has 317 valence electrons. The molecule has 2 amide bonds. The molecule has 0 fully saturated rings. The van der Waals surface area contributed by atoms with Gasteiger partial charge in [-0.25, -0.2) is 0 Å². The minimum absolute atomic E-state index is 0.110. The molecule has 0 saturated carbocycles. The van der Waals surface area contributed by atoms with Crippen LogP contribution in [-0.2, 0) is 43.3 Å². The van der Waals surface area contributed by atoms with Gasteiger partial charge in [-0.3, -0.25) is 9.59 Å². The van der Waals surface area contributed by atoms with Crippen LogP contribution in [0, 0.1) is 0 Å². The number of carbonyl (C=O) groups excluding carboxylic acids is 2. The Labute approximate surface area is 381 Å². The molecule has 6 aromatic rings. The van der Waals surface area contributed by atoms with E-state index < -0.39 is 20.8 Å². The van der Waals surface area contributed by atoms with Crippen molar-refractivity contribution >= 4 is 57.9 Å². The molecular formula is C52H66BCl2N2O2Zr. The summed E-state index contributed by atoms with van der Waals surface area (Å²) >= 11 is -0.826. The van der Waals surface area contributed by atoms with E-state index in [1.807, 2.05) is 0 Å². The second-order valence-electron chi connectivity index (χ2n) is 15.4. The first-order valence-corrected chi connectivity index (χ1v) is 28.4. The third-order valence-electron chi connectivity index (χ3n) is 11.2. The SMILES string of the molecule is CCC(=O)N[B]NC(=O)CC.CCCCc1cc2c(-c3ccccc3C(C)CC)cccc2[cH-]1.CCCCc1cc2c(-c3ccccc3C(C)CC)cccc2[cH-]1.[Cl][Zr+2][Cl]. The molecule has 0 aliphatic carbocycles. The molecule has 0 spiro atoms. The second-order valence-corrected chi connectivity index (χ2v) is 19.1. The van der Waals surface area contributed by atoms with Gasteiger partial charge in [0.15, 0.2) is 0 Å². The van der Waals surface area contributed by atoms with E-state index in [9.17, 15) is 9.59 Å². The molecule has 0 saturated heterocycles. The predicted octanol–water partition coefficient (Wildman–Crippen LogP) is 15.1. The van der Waals surface area contributed by atoms with E-state index in [0.717, 1.165) is 0 Å². The Hall–Kier alpha value is -3.43. The summed E-state index contributed by atoms with van der Waals surface area (Å²) in [5.41, 5.74) is 11.5. The van der Waals surface area contributed by atoms with E-state index in [0.29, 0.717) is 24.7 Å². The average molecular weight is 924 g/mol. The van der Waals surface area contributed by atoms with Gasteiger partial charge in [0.25, 0.3) is 0 Å². The van der Waals surface area contributed by atoms with Crippen molar-refractivity contribution < 1.29 is 30.4 Å². The normalized spacial score (nSPS) is 11.4. The number of unbranched alkanes of at least 4 members (excludes halogenated alkanes) is 2. The summed E-state index contributed by atoms with van der Waals surface area (Å²) in [6, 6.07) is 40.9. The Balaban J connectivity index is 0.000000247. The van der Waals surface area contributed by atoms with Gasteiger partial charge in [0, 0.05) is 12.8 Å². The zero-order valence-corrected chi connectivity index (χ0v) is 41.2. The number of nitrogens with one attached hydrogen (secondary N) is 2. The van der Waals surface area contributed by atoms with E-state index in [2.05, 4.69) is 161 Å². The fourth-order valence-corrected chi connectivity index (χ4v) is 7.30. The van der Waals surface area contributed by atoms with Gasteiger partial charge < -0.3 is 10.5 Å². The van der Waals surface area contributed by atoms with E-state index in [1.165, 1.54) is 125 Å². The molecule has 2 atom stereocenters. The topological polar surface area (TPSA) is 58.2 Å². The van der Waals surface area contributed by atoms with Gasteiger partial charge in [-0.1, -0.05) is 153 Å². The Bertz CT molecular complexity index is 2020. The Morgan fingerprint density at radius 2 is 0.950 bits per heavy atom. The van der Waals surface area contributed by atoms with E-state index in [4.69, 9.17) is 17.0 Å². The van der Waals surface area contributed by atoms with Crippen LogP contribution in [-0.4, -0.2) is 19.4 Å². The Kier molecular flexibility index (Phi) is 24.0. The number of hydrogen-bond acceptors (Lipinski definition) is 2. The number of aryl methyl sites for hydroxylation is 2. The number of rotatable bonds is 16. The van der Waals surface area contributed by atoms with Crippen molar-refractivity contribution in [2.45, 2.75) is 131 Å². The van der Waals surface area contributed by atoms with Crippen LogP contribution in [0.25, 0.3) is 43.8 Å². The third-order valence-corrected chi connectivity index (χ3v) is 11.2. The Morgan fingerprint density at radius 1 is 0.583 bits per heavy atom. The summed E-state index contributed by atoms with van der Waals surface area (Å²) in [5.74, 6) is 0.967. The van der Waals surface area contributed by atoms with Crippen LogP contribution in [0.5, 0.6) is 0 Å². The molecule has 6 aromatic carbocycles. The molecule has 0 aliphatic heterocycles. The number of fused-ring (bicyclic) bond motifs is 2. The molecule has 0 aliphatic rings. The van der Waals surface area contributed by atoms with Crippen LogP contribution in [0.1, 0.15) is 141 Å². The van der Waals surface area contributed by atoms with Crippen LogP contribution < -0.4 is 10.5 Å². The average Bonchev–Trinajstić information content (AvgIpc) is 3.91. The van der Waals surface area contributed by atoms with Crippen molar-refractivity contribution in [3.8, 4) is 22.3 Å². The Morgan fingerprint density at radius 3 is 1.30 bits per heavy atom. The minimum atomic E-state index is -0.826. The van der Waals surface area contributed by atoms with Crippen LogP contribution >= 0.6 is 17.0 Å². The van der Waals surface area contributed by atoms with Crippen molar-refractivity contribution in [3.63, 3.8) is 0 Å². The van der Waals surface area contributed by atoms with Crippen molar-refractivity contribution in [1.29, 1.82) is 0 Å². The number of amides is 2. The second kappa shape index (κ2) is 28.2. The first-order chi connectivity index (χ1) is 29.1. The summed E-state index contributed by atoms with van der Waals surface area (Å²) in [7, 11) is 11.1. The molecule has 6 rings (SSSR count). The number of halogens is 2. The monoisotopic (exact) mass is 921 g/mol. The van der Waals surface area contributed by atoms with Crippen LogP contribution in [0.3, 0.4) is 0 Å². The summed E-state index contributed by atoms with van der Waals surface area (Å²) in [4.78, 5) is 21.2. The van der Waals surface area contributed by atoms with Crippen LogP contribution in [0.4, 0.5) is 0 Å². The summed E-state index contributed by atoms with van der Waals surface area (Å²) in [5, 5.41) is 10.4. The van der Waals surface area contributed by atoms with Gasteiger partial charge >= 0.3 is 45.4 Å². The third kappa shape index (κ3) is 15.5. The number of carbonyl (C=O) groups is 2. The molecule has 0 heterocycles. The molecule has 0 aromatic heterocycles. The first kappa shape index (κ1) is 50.9. The standard InChI is InChI=1S/2C23H27.C6H12BN2O2.2ClH.Zr/c2*1-4-6-10-18-15-19-11-9-14-22(23(19)16-18)21-13-8-7-12-20(21)17(3)5-2;1-3-5(10)8-7-9-6(11)4-2;;;/h2*7-9,11-17H,4-6,10H2,1-3H3;3-4H2,1-2H3,(H,8,10)(H,9,11);2*1H;/q2*-1;;;;+4/p-2. The zero-order valence-electron chi connectivity index (χ0n) is 37.3. The molecule has 4 nitrogen and oxygen atoms in total. The first-order valence-electron chi connectivity index (χ1n) is 22.0. The van der Waals surface area contributed by atoms with Crippen molar-refractivity contribution in [3.05, 3.63) is 131 Å². The fraction of sp³-hybridized carbons (Fsp3) is 0.385. The molecule has 2 N–H and O–H groups in total. The quantitative estimate of drug-likeness (QED) is 0.0751. The van der Waals surface area contributed by atoms with Crippen molar-refractivity contribution in [2.24, 2.45) is 0 Å². The molecule has 8 heteroatoms. The van der Waals surface area contributed by atoms with Gasteiger partial charge in [0.05, 0.1) is 0 Å². The van der Waals surface area contributed by atoms with E-state index in [1.54, 1.807) is 13.8 Å². The van der Waals surface area contributed by atoms with Gasteiger partial charge in [-0.2, -0.15) is 12.1 Å². The zero-order chi connectivity index (χ0) is 43.9. The van der Waals surface area contributed by atoms with Gasteiger partial charge in [-0.05, 0) is 59.8 Å². The predicted molar refractivity (Wildman–Crippen MR) is 259 cm³/mol. The van der Waals surface area contributed by atoms with Crippen LogP contribution in [0.15, 0.2) is 109 Å². The molecule has 1 radical (unpaired) electrons. The fourth-order valence-electron chi connectivity index (χ4n) is 7.30. The molecule has 60 heavy (non-hydrogen) atoms. The van der Waals surface area contributed by atoms with Crippen molar-refractivity contribution in [1.82, 2.24) is 10.5 Å². The van der Waals surface area contributed by atoms with Gasteiger partial charge in [0.1, 0.15) is 0 Å². The van der Waals surface area contributed by atoms with E-state index >= 15 is 0 Å². The molecule has 2 unspecified atom stereocenters. The van der Waals surface area contributed by atoms with Gasteiger partial charge in [-0.15, -0.1) is 69.1 Å². The maximum absolute atomic E-state index is 10.6. The molecule has 0 bridgehead atoms. The maximum atomic E-state index is 10.6. The molecular weight excluding hydrogens is 858 g/mol. The van der Waals surface area contributed by atoms with E-state index in [-0.39, 0.29) is 11.8 Å². The number of benzene rings is 4. The van der Waals surface area contributed by atoms with Crippen molar-refractivity contribution in [2.75, 3.05) is 0 Å². The summed E-state index contributed by atoms with van der Waals surface area (Å²) in [6.45, 7) is 17.2.